The van der Waals surface area contributed by atoms with Gasteiger partial charge in [0.15, 0.2) is 0 Å². The zero-order valence-corrected chi connectivity index (χ0v) is 20.0. The first-order valence-electron chi connectivity index (χ1n) is 11.1. The molecule has 0 aliphatic heterocycles. The second-order valence-electron chi connectivity index (χ2n) is 8.20. The van der Waals surface area contributed by atoms with Crippen molar-refractivity contribution in [1.29, 1.82) is 0 Å². The summed E-state index contributed by atoms with van der Waals surface area (Å²) in [6.45, 7) is 1.85. The van der Waals surface area contributed by atoms with Crippen LogP contribution >= 0.6 is 11.3 Å². The second-order valence-corrected chi connectivity index (χ2v) is 9.12. The standard InChI is InChI=1S/C26H27N3O4S/c1-18(12-13-19-8-4-3-5-9-19)27-23(30)17-28-21-14-15-34-24(21)25(31)29(26(28)32)16-20-10-6-7-11-22(20)33-2/h3-11,14-15,18H,12-13,16-17H2,1-2H3,(H,27,30)/t18-/m0/s1. The van der Waals surface area contributed by atoms with Gasteiger partial charge in [-0.05, 0) is 42.8 Å². The molecule has 0 radical (unpaired) electrons. The molecule has 0 fully saturated rings. The van der Waals surface area contributed by atoms with Gasteiger partial charge in [-0.1, -0.05) is 48.5 Å². The van der Waals surface area contributed by atoms with E-state index in [1.54, 1.807) is 24.6 Å². The van der Waals surface area contributed by atoms with E-state index >= 15 is 0 Å². The number of para-hydroxylation sites is 1. The van der Waals surface area contributed by atoms with E-state index in [4.69, 9.17) is 4.74 Å². The van der Waals surface area contributed by atoms with Gasteiger partial charge in [0, 0.05) is 11.6 Å². The quantitative estimate of drug-likeness (QED) is 0.401. The number of carbonyl (C=O) groups is 1. The van der Waals surface area contributed by atoms with Crippen molar-refractivity contribution >= 4 is 27.5 Å². The summed E-state index contributed by atoms with van der Waals surface area (Å²) in [7, 11) is 1.55. The Morgan fingerprint density at radius 1 is 1.03 bits per heavy atom. The lowest BCUT2D eigenvalue weighted by Crippen LogP contribution is -2.43. The van der Waals surface area contributed by atoms with Crippen molar-refractivity contribution in [2.75, 3.05) is 7.11 Å². The lowest BCUT2D eigenvalue weighted by molar-refractivity contribution is -0.122. The third-order valence-corrected chi connectivity index (χ3v) is 6.67. The van der Waals surface area contributed by atoms with Gasteiger partial charge in [-0.25, -0.2) is 4.79 Å². The molecule has 0 saturated heterocycles. The fraction of sp³-hybridized carbons (Fsp3) is 0.269. The Hall–Kier alpha value is -3.65. The summed E-state index contributed by atoms with van der Waals surface area (Å²) in [6.07, 6.45) is 1.63. The van der Waals surface area contributed by atoms with Gasteiger partial charge in [0.1, 0.15) is 17.0 Å². The molecule has 0 aliphatic carbocycles. The molecule has 1 amide bonds. The number of rotatable bonds is 9. The number of ether oxygens (including phenoxy) is 1. The van der Waals surface area contributed by atoms with Gasteiger partial charge in [0.25, 0.3) is 5.56 Å². The number of fused-ring (bicyclic) bond motifs is 1. The van der Waals surface area contributed by atoms with Crippen LogP contribution in [0.2, 0.25) is 0 Å². The largest absolute Gasteiger partial charge is 0.496 e. The first-order valence-corrected chi connectivity index (χ1v) is 12.0. The average molecular weight is 478 g/mol. The zero-order chi connectivity index (χ0) is 24.1. The molecule has 34 heavy (non-hydrogen) atoms. The number of hydrogen-bond donors (Lipinski definition) is 1. The van der Waals surface area contributed by atoms with E-state index in [0.29, 0.717) is 21.5 Å². The molecule has 176 valence electrons. The summed E-state index contributed by atoms with van der Waals surface area (Å²) >= 11 is 1.26. The first-order chi connectivity index (χ1) is 16.5. The lowest BCUT2D eigenvalue weighted by atomic mass is 10.1. The Morgan fingerprint density at radius 3 is 2.53 bits per heavy atom. The molecule has 0 aliphatic rings. The van der Waals surface area contributed by atoms with Crippen molar-refractivity contribution in [2.45, 2.75) is 38.9 Å². The molecule has 2 aromatic heterocycles. The second kappa shape index (κ2) is 10.5. The van der Waals surface area contributed by atoms with Crippen molar-refractivity contribution in [3.8, 4) is 5.75 Å². The fourth-order valence-electron chi connectivity index (χ4n) is 3.99. The Bertz CT molecular complexity index is 1410. The van der Waals surface area contributed by atoms with Crippen LogP contribution in [-0.4, -0.2) is 28.2 Å². The van der Waals surface area contributed by atoms with Crippen LogP contribution in [0.1, 0.15) is 24.5 Å². The molecule has 1 N–H and O–H groups in total. The number of thiophene rings is 1. The predicted molar refractivity (Wildman–Crippen MR) is 135 cm³/mol. The van der Waals surface area contributed by atoms with Gasteiger partial charge >= 0.3 is 5.69 Å². The number of aryl methyl sites for hydroxylation is 1. The molecule has 8 heteroatoms. The predicted octanol–water partition coefficient (Wildman–Crippen LogP) is 3.42. The Balaban J connectivity index is 1.56. The maximum atomic E-state index is 13.3. The van der Waals surface area contributed by atoms with Crippen LogP contribution in [0.15, 0.2) is 75.6 Å². The summed E-state index contributed by atoms with van der Waals surface area (Å²) in [5.74, 6) is 0.328. The molecule has 7 nitrogen and oxygen atoms in total. The Kier molecular flexibility index (Phi) is 7.27. The smallest absolute Gasteiger partial charge is 0.332 e. The van der Waals surface area contributed by atoms with Crippen LogP contribution in [0.4, 0.5) is 0 Å². The van der Waals surface area contributed by atoms with E-state index in [9.17, 15) is 14.4 Å². The molecule has 1 atom stereocenters. The lowest BCUT2D eigenvalue weighted by Gasteiger charge is -2.16. The number of amides is 1. The van der Waals surface area contributed by atoms with Crippen molar-refractivity contribution in [2.24, 2.45) is 0 Å². The van der Waals surface area contributed by atoms with Crippen molar-refractivity contribution < 1.29 is 9.53 Å². The highest BCUT2D eigenvalue weighted by Crippen LogP contribution is 2.19. The van der Waals surface area contributed by atoms with Gasteiger partial charge in [0.2, 0.25) is 5.91 Å². The van der Waals surface area contributed by atoms with Crippen LogP contribution in [0, 0.1) is 0 Å². The van der Waals surface area contributed by atoms with Gasteiger partial charge < -0.3 is 10.1 Å². The van der Waals surface area contributed by atoms with E-state index in [2.05, 4.69) is 17.4 Å². The highest BCUT2D eigenvalue weighted by Gasteiger charge is 2.18. The minimum atomic E-state index is -0.520. The summed E-state index contributed by atoms with van der Waals surface area (Å²) in [5, 5.41) is 4.74. The Morgan fingerprint density at radius 2 is 1.76 bits per heavy atom. The fourth-order valence-corrected chi connectivity index (χ4v) is 4.84. The minimum Gasteiger partial charge on any atom is -0.496 e. The van der Waals surface area contributed by atoms with Gasteiger partial charge in [0.05, 0.1) is 19.2 Å². The van der Waals surface area contributed by atoms with Crippen LogP contribution in [-0.2, 0) is 24.3 Å². The van der Waals surface area contributed by atoms with E-state index in [1.165, 1.54) is 26.0 Å². The number of hydrogen-bond acceptors (Lipinski definition) is 5. The molecule has 2 heterocycles. The van der Waals surface area contributed by atoms with E-state index < -0.39 is 5.69 Å². The van der Waals surface area contributed by atoms with E-state index in [-0.39, 0.29) is 30.6 Å². The molecule has 4 rings (SSSR count). The Labute approximate surface area is 201 Å². The monoisotopic (exact) mass is 477 g/mol. The first kappa shape index (κ1) is 23.5. The molecular weight excluding hydrogens is 450 g/mol. The topological polar surface area (TPSA) is 82.3 Å². The summed E-state index contributed by atoms with van der Waals surface area (Å²) in [6, 6.07) is 19.0. The van der Waals surface area contributed by atoms with Crippen molar-refractivity contribution in [3.05, 3.63) is 98.0 Å². The minimum absolute atomic E-state index is 0.0548. The molecule has 0 spiro atoms. The van der Waals surface area contributed by atoms with Crippen LogP contribution < -0.4 is 21.3 Å². The average Bonchev–Trinajstić information content (AvgIpc) is 3.34. The number of benzene rings is 2. The number of aromatic nitrogens is 2. The normalized spacial score (nSPS) is 11.9. The molecule has 0 bridgehead atoms. The molecular formula is C26H27N3O4S. The third-order valence-electron chi connectivity index (χ3n) is 5.78. The molecule has 0 unspecified atom stereocenters. The van der Waals surface area contributed by atoms with Crippen LogP contribution in [0.5, 0.6) is 5.75 Å². The number of nitrogens with one attached hydrogen (secondary N) is 1. The zero-order valence-electron chi connectivity index (χ0n) is 19.2. The molecule has 4 aromatic rings. The summed E-state index contributed by atoms with van der Waals surface area (Å²) < 4.78 is 8.37. The molecule has 2 aromatic carbocycles. The van der Waals surface area contributed by atoms with Gasteiger partial charge in [-0.2, -0.15) is 0 Å². The van der Waals surface area contributed by atoms with Crippen molar-refractivity contribution in [3.63, 3.8) is 0 Å². The van der Waals surface area contributed by atoms with Gasteiger partial charge in [-0.3, -0.25) is 18.7 Å². The highest BCUT2D eigenvalue weighted by atomic mass is 32.1. The van der Waals surface area contributed by atoms with Crippen LogP contribution in [0.3, 0.4) is 0 Å². The van der Waals surface area contributed by atoms with Gasteiger partial charge in [-0.15, -0.1) is 11.3 Å². The van der Waals surface area contributed by atoms with Crippen LogP contribution in [0.25, 0.3) is 10.2 Å². The number of methoxy groups -OCH3 is 1. The highest BCUT2D eigenvalue weighted by molar-refractivity contribution is 7.17. The van der Waals surface area contributed by atoms with Crippen molar-refractivity contribution in [1.82, 2.24) is 14.5 Å². The number of carbonyl (C=O) groups excluding carboxylic acids is 1. The maximum absolute atomic E-state index is 13.3. The van der Waals surface area contributed by atoms with E-state index in [1.807, 2.05) is 43.3 Å². The molecule has 0 saturated carbocycles. The summed E-state index contributed by atoms with van der Waals surface area (Å²) in [5.41, 5.74) is 1.51. The maximum Gasteiger partial charge on any atom is 0.332 e. The third kappa shape index (κ3) is 5.12. The SMILES string of the molecule is COc1ccccc1Cn1c(=O)c2sccc2n(CC(=O)N[C@@H](C)CCc2ccccc2)c1=O. The van der Waals surface area contributed by atoms with E-state index in [0.717, 1.165) is 12.8 Å². The summed E-state index contributed by atoms with van der Waals surface area (Å²) in [4.78, 5) is 39.2. The number of nitrogens with zero attached hydrogens (tertiary/aromatic N) is 2.